The zero-order valence-electron chi connectivity index (χ0n) is 14.5. The van der Waals surface area contributed by atoms with E-state index in [4.69, 9.17) is 16.3 Å². The third-order valence-corrected chi connectivity index (χ3v) is 4.14. The molecule has 28 heavy (non-hydrogen) atoms. The average molecular weight is 405 g/mol. The molecule has 1 fully saturated rings. The fraction of sp³-hybridized carbons (Fsp3) is 0.105. The molecule has 1 saturated heterocycles. The SMILES string of the molecule is CCOc1cc(/C=C2\C(=O)NC(=O)N(c3ccc(F)cc3)C2=O)cc(Cl)c1O. The summed E-state index contributed by atoms with van der Waals surface area (Å²) in [5, 5.41) is 11.9. The molecule has 1 aliphatic heterocycles. The van der Waals surface area contributed by atoms with Crippen LogP contribution in [0.2, 0.25) is 5.02 Å². The van der Waals surface area contributed by atoms with Gasteiger partial charge in [-0.3, -0.25) is 14.9 Å². The standard InChI is InChI=1S/C19H14ClFN2O5/c1-2-28-15-9-10(8-14(20)16(15)24)7-13-17(25)22-19(27)23(18(13)26)12-5-3-11(21)4-6-12/h3-9,24H,2H2,1H3,(H,22,25,27)/b13-7+. The topological polar surface area (TPSA) is 95.9 Å². The highest BCUT2D eigenvalue weighted by Gasteiger charge is 2.36. The highest BCUT2D eigenvalue weighted by Crippen LogP contribution is 2.36. The zero-order valence-corrected chi connectivity index (χ0v) is 15.3. The number of urea groups is 1. The molecule has 7 nitrogen and oxygen atoms in total. The van der Waals surface area contributed by atoms with Crippen molar-refractivity contribution < 1.29 is 28.6 Å². The Morgan fingerprint density at radius 2 is 1.89 bits per heavy atom. The van der Waals surface area contributed by atoms with E-state index in [0.29, 0.717) is 5.56 Å². The fourth-order valence-corrected chi connectivity index (χ4v) is 2.81. The van der Waals surface area contributed by atoms with Crippen molar-refractivity contribution in [3.63, 3.8) is 0 Å². The van der Waals surface area contributed by atoms with Gasteiger partial charge < -0.3 is 9.84 Å². The van der Waals surface area contributed by atoms with Crippen LogP contribution in [0, 0.1) is 5.82 Å². The third kappa shape index (κ3) is 3.67. The lowest BCUT2D eigenvalue weighted by atomic mass is 10.1. The Bertz CT molecular complexity index is 1000. The second kappa shape index (κ2) is 7.69. The number of anilines is 1. The first-order chi connectivity index (χ1) is 13.3. The van der Waals surface area contributed by atoms with Crippen LogP contribution in [0.4, 0.5) is 14.9 Å². The Balaban J connectivity index is 2.03. The van der Waals surface area contributed by atoms with Crippen LogP contribution >= 0.6 is 11.6 Å². The normalized spacial score (nSPS) is 15.8. The molecule has 4 amide bonds. The summed E-state index contributed by atoms with van der Waals surface area (Å²) < 4.78 is 18.4. The zero-order chi connectivity index (χ0) is 20.4. The first kappa shape index (κ1) is 19.4. The molecule has 0 aliphatic carbocycles. The van der Waals surface area contributed by atoms with Crippen LogP contribution in [0.5, 0.6) is 11.5 Å². The largest absolute Gasteiger partial charge is 0.503 e. The van der Waals surface area contributed by atoms with Crippen LogP contribution in [0.1, 0.15) is 12.5 Å². The van der Waals surface area contributed by atoms with Gasteiger partial charge in [0.05, 0.1) is 17.3 Å². The number of benzene rings is 2. The van der Waals surface area contributed by atoms with Crippen molar-refractivity contribution in [3.05, 3.63) is 58.4 Å². The molecule has 0 unspecified atom stereocenters. The van der Waals surface area contributed by atoms with Crippen LogP contribution in [0.15, 0.2) is 42.0 Å². The van der Waals surface area contributed by atoms with Crippen molar-refractivity contribution >= 4 is 41.2 Å². The highest BCUT2D eigenvalue weighted by atomic mass is 35.5. The van der Waals surface area contributed by atoms with Crippen molar-refractivity contribution in [2.45, 2.75) is 6.92 Å². The van der Waals surface area contributed by atoms with Crippen LogP contribution in [-0.2, 0) is 9.59 Å². The van der Waals surface area contributed by atoms with E-state index in [0.717, 1.165) is 17.0 Å². The minimum Gasteiger partial charge on any atom is -0.503 e. The molecule has 0 atom stereocenters. The monoisotopic (exact) mass is 404 g/mol. The number of imide groups is 2. The predicted octanol–water partition coefficient (Wildman–Crippen LogP) is 3.25. The Morgan fingerprint density at radius 3 is 2.54 bits per heavy atom. The Labute approximate surface area is 164 Å². The number of barbiturate groups is 1. The van der Waals surface area contributed by atoms with Crippen LogP contribution in [0.3, 0.4) is 0 Å². The van der Waals surface area contributed by atoms with E-state index in [1.165, 1.54) is 30.3 Å². The molecule has 2 aromatic carbocycles. The maximum atomic E-state index is 13.1. The smallest absolute Gasteiger partial charge is 0.335 e. The lowest BCUT2D eigenvalue weighted by Gasteiger charge is -2.26. The predicted molar refractivity (Wildman–Crippen MR) is 99.7 cm³/mol. The maximum absolute atomic E-state index is 13.1. The van der Waals surface area contributed by atoms with Gasteiger partial charge >= 0.3 is 6.03 Å². The van der Waals surface area contributed by atoms with Gasteiger partial charge in [-0.15, -0.1) is 0 Å². The number of hydrogen-bond acceptors (Lipinski definition) is 5. The molecule has 9 heteroatoms. The van der Waals surface area contributed by atoms with Crippen molar-refractivity contribution in [2.75, 3.05) is 11.5 Å². The van der Waals surface area contributed by atoms with Gasteiger partial charge in [0.1, 0.15) is 11.4 Å². The van der Waals surface area contributed by atoms with Gasteiger partial charge in [-0.05, 0) is 55.0 Å². The number of hydrogen-bond donors (Lipinski definition) is 2. The second-order valence-corrected chi connectivity index (χ2v) is 6.12. The summed E-state index contributed by atoms with van der Waals surface area (Å²) in [6.45, 7) is 1.97. The number of amides is 4. The number of rotatable bonds is 4. The Morgan fingerprint density at radius 1 is 1.21 bits per heavy atom. The third-order valence-electron chi connectivity index (χ3n) is 3.85. The molecule has 144 valence electrons. The number of aromatic hydroxyl groups is 1. The van der Waals surface area contributed by atoms with Crippen molar-refractivity contribution in [1.82, 2.24) is 5.32 Å². The Hall–Kier alpha value is -3.39. The maximum Gasteiger partial charge on any atom is 0.335 e. The summed E-state index contributed by atoms with van der Waals surface area (Å²) in [5.41, 5.74) is 0.0623. The summed E-state index contributed by atoms with van der Waals surface area (Å²) >= 11 is 5.96. The van der Waals surface area contributed by atoms with Crippen LogP contribution in [0.25, 0.3) is 6.08 Å². The van der Waals surface area contributed by atoms with E-state index >= 15 is 0 Å². The van der Waals surface area contributed by atoms with E-state index in [2.05, 4.69) is 5.32 Å². The Kier molecular flexibility index (Phi) is 5.32. The summed E-state index contributed by atoms with van der Waals surface area (Å²) in [5.74, 6) is -2.51. The molecule has 2 N–H and O–H groups in total. The molecule has 2 aromatic rings. The van der Waals surface area contributed by atoms with E-state index in [9.17, 15) is 23.9 Å². The van der Waals surface area contributed by atoms with Crippen molar-refractivity contribution in [1.29, 1.82) is 0 Å². The van der Waals surface area contributed by atoms with Gasteiger partial charge in [0.2, 0.25) is 0 Å². The summed E-state index contributed by atoms with van der Waals surface area (Å²) in [6, 6.07) is 6.45. The molecule has 0 bridgehead atoms. The molecule has 1 aliphatic rings. The number of carbonyl (C=O) groups excluding carboxylic acids is 3. The molecule has 0 radical (unpaired) electrons. The lowest BCUT2D eigenvalue weighted by molar-refractivity contribution is -0.122. The van der Waals surface area contributed by atoms with Crippen LogP contribution < -0.4 is 15.0 Å². The number of carbonyl (C=O) groups is 3. The minimum atomic E-state index is -0.947. The van der Waals surface area contributed by atoms with E-state index in [1.807, 2.05) is 0 Å². The number of phenolic OH excluding ortho intramolecular Hbond substituents is 1. The van der Waals surface area contributed by atoms with E-state index < -0.39 is 23.7 Å². The highest BCUT2D eigenvalue weighted by molar-refractivity contribution is 6.39. The number of nitrogens with zero attached hydrogens (tertiary/aromatic N) is 1. The van der Waals surface area contributed by atoms with Gasteiger partial charge in [0.15, 0.2) is 11.5 Å². The van der Waals surface area contributed by atoms with Gasteiger partial charge in [-0.25, -0.2) is 14.1 Å². The fourth-order valence-electron chi connectivity index (χ4n) is 2.59. The van der Waals surface area contributed by atoms with Crippen LogP contribution in [-0.4, -0.2) is 29.6 Å². The lowest BCUT2D eigenvalue weighted by Crippen LogP contribution is -2.54. The number of ether oxygens (including phenoxy) is 1. The van der Waals surface area contributed by atoms with Gasteiger partial charge in [0, 0.05) is 0 Å². The summed E-state index contributed by atoms with van der Waals surface area (Å²) in [6.07, 6.45) is 1.22. The molecule has 3 rings (SSSR count). The molecule has 0 saturated carbocycles. The summed E-state index contributed by atoms with van der Waals surface area (Å²) in [4.78, 5) is 37.8. The van der Waals surface area contributed by atoms with Crippen molar-refractivity contribution in [2.24, 2.45) is 0 Å². The van der Waals surface area contributed by atoms with Crippen molar-refractivity contribution in [3.8, 4) is 11.5 Å². The van der Waals surface area contributed by atoms with Gasteiger partial charge in [-0.1, -0.05) is 11.6 Å². The first-order valence-corrected chi connectivity index (χ1v) is 8.52. The number of halogens is 2. The second-order valence-electron chi connectivity index (χ2n) is 5.72. The average Bonchev–Trinajstić information content (AvgIpc) is 2.64. The first-order valence-electron chi connectivity index (χ1n) is 8.14. The quantitative estimate of drug-likeness (QED) is 0.602. The number of nitrogens with one attached hydrogen (secondary N) is 1. The molecule has 1 heterocycles. The summed E-state index contributed by atoms with van der Waals surface area (Å²) in [7, 11) is 0. The van der Waals surface area contributed by atoms with E-state index in [-0.39, 0.29) is 34.4 Å². The molecule has 0 aromatic heterocycles. The molecule has 0 spiro atoms. The molecular formula is C19H14ClFN2O5. The van der Waals surface area contributed by atoms with E-state index in [1.54, 1.807) is 6.92 Å². The molecular weight excluding hydrogens is 391 g/mol. The number of phenols is 1. The van der Waals surface area contributed by atoms with Gasteiger partial charge in [-0.2, -0.15) is 0 Å². The van der Waals surface area contributed by atoms with Gasteiger partial charge in [0.25, 0.3) is 11.8 Å². The minimum absolute atomic E-state index is 0.0343.